The Balaban J connectivity index is 1.45. The van der Waals surface area contributed by atoms with Gasteiger partial charge in [0.05, 0.1) is 0 Å². The molecule has 1 aliphatic rings. The zero-order chi connectivity index (χ0) is 19.0. The number of amides is 1. The Labute approximate surface area is 160 Å². The first-order valence-electron chi connectivity index (χ1n) is 9.59. The highest BCUT2D eigenvalue weighted by Gasteiger charge is 2.57. The van der Waals surface area contributed by atoms with Crippen LogP contribution in [-0.4, -0.2) is 5.91 Å². The minimum atomic E-state index is -0.0729. The summed E-state index contributed by atoms with van der Waals surface area (Å²) in [7, 11) is 0. The van der Waals surface area contributed by atoms with Crippen molar-refractivity contribution in [1.29, 1.82) is 0 Å². The summed E-state index contributed by atoms with van der Waals surface area (Å²) in [5, 5.41) is 5.40. The molecule has 3 aromatic rings. The van der Waals surface area contributed by atoms with Gasteiger partial charge in [0.25, 0.3) is 0 Å². The number of anilines is 1. The zero-order valence-electron chi connectivity index (χ0n) is 15.9. The van der Waals surface area contributed by atoms with E-state index in [0.29, 0.717) is 5.92 Å². The van der Waals surface area contributed by atoms with Crippen molar-refractivity contribution in [2.75, 3.05) is 5.32 Å². The zero-order valence-corrected chi connectivity index (χ0v) is 15.9. The molecule has 3 N–H and O–H groups in total. The highest BCUT2D eigenvalue weighted by Crippen LogP contribution is 2.62. The summed E-state index contributed by atoms with van der Waals surface area (Å²) in [5.74, 6) is 0.295. The number of hydrogen-bond acceptors (Lipinski definition) is 2. The number of nitrogens with one attached hydrogen (secondary N) is 1. The van der Waals surface area contributed by atoms with Crippen molar-refractivity contribution in [3.8, 4) is 0 Å². The molecule has 1 saturated carbocycles. The maximum Gasteiger partial charge on any atom is 0.227 e. The molecule has 27 heavy (non-hydrogen) atoms. The molecular formula is C24H26N2O. The largest absolute Gasteiger partial charge is 0.326 e. The standard InChI is InChI=1S/C24H26N2O/c1-16(21-15-24(21,2)22(25)18-9-4-3-5-10-18)23(27)26-20-13-12-17-8-6-7-11-19(17)14-20/h3-14,16,21-22H,15,25H2,1-2H3,(H,26,27)/t16-,21+,22+,24-/m1/s1. The molecule has 3 heteroatoms. The molecule has 0 aliphatic heterocycles. The van der Waals surface area contributed by atoms with Crippen LogP contribution in [0.1, 0.15) is 31.9 Å². The summed E-state index contributed by atoms with van der Waals surface area (Å²) >= 11 is 0. The van der Waals surface area contributed by atoms with E-state index in [0.717, 1.165) is 23.1 Å². The van der Waals surface area contributed by atoms with Crippen molar-refractivity contribution in [1.82, 2.24) is 0 Å². The molecule has 0 heterocycles. The summed E-state index contributed by atoms with van der Waals surface area (Å²) < 4.78 is 0. The Hall–Kier alpha value is -2.65. The lowest BCUT2D eigenvalue weighted by Crippen LogP contribution is -2.28. The normalized spacial score (nSPS) is 23.6. The summed E-state index contributed by atoms with van der Waals surface area (Å²) in [4.78, 5) is 12.8. The average molecular weight is 358 g/mol. The van der Waals surface area contributed by atoms with Gasteiger partial charge in [-0.05, 0) is 46.2 Å². The van der Waals surface area contributed by atoms with Crippen LogP contribution in [0.25, 0.3) is 10.8 Å². The van der Waals surface area contributed by atoms with Gasteiger partial charge in [0.1, 0.15) is 0 Å². The molecule has 0 radical (unpaired) electrons. The number of benzene rings is 3. The van der Waals surface area contributed by atoms with E-state index < -0.39 is 0 Å². The van der Waals surface area contributed by atoms with E-state index in [9.17, 15) is 4.79 Å². The Kier molecular flexibility index (Phi) is 4.48. The highest BCUT2D eigenvalue weighted by molar-refractivity contribution is 5.95. The topological polar surface area (TPSA) is 55.1 Å². The van der Waals surface area contributed by atoms with Crippen LogP contribution in [-0.2, 0) is 4.79 Å². The molecule has 0 spiro atoms. The second-order valence-corrected chi connectivity index (χ2v) is 8.04. The smallest absolute Gasteiger partial charge is 0.227 e. The summed E-state index contributed by atoms with van der Waals surface area (Å²) in [6.45, 7) is 4.22. The third kappa shape index (κ3) is 3.35. The Bertz CT molecular complexity index is 968. The molecular weight excluding hydrogens is 332 g/mol. The lowest BCUT2D eigenvalue weighted by atomic mass is 9.87. The molecule has 1 aliphatic carbocycles. The van der Waals surface area contributed by atoms with E-state index in [1.165, 1.54) is 5.39 Å². The molecule has 1 fully saturated rings. The van der Waals surface area contributed by atoms with Crippen molar-refractivity contribution in [2.24, 2.45) is 23.0 Å². The third-order valence-electron chi connectivity index (χ3n) is 6.25. The average Bonchev–Trinajstić information content (AvgIpc) is 3.40. The van der Waals surface area contributed by atoms with E-state index in [1.54, 1.807) is 0 Å². The van der Waals surface area contributed by atoms with E-state index in [2.05, 4.69) is 36.5 Å². The van der Waals surface area contributed by atoms with Crippen LogP contribution in [0.2, 0.25) is 0 Å². The van der Waals surface area contributed by atoms with Crippen LogP contribution < -0.4 is 11.1 Å². The fourth-order valence-corrected chi connectivity index (χ4v) is 4.27. The predicted octanol–water partition coefficient (Wildman–Crippen LogP) is 5.14. The van der Waals surface area contributed by atoms with E-state index >= 15 is 0 Å². The van der Waals surface area contributed by atoms with Gasteiger partial charge < -0.3 is 11.1 Å². The molecule has 4 rings (SSSR count). The van der Waals surface area contributed by atoms with Gasteiger partial charge in [-0.25, -0.2) is 0 Å². The van der Waals surface area contributed by atoms with Crippen LogP contribution in [0.4, 0.5) is 5.69 Å². The van der Waals surface area contributed by atoms with E-state index in [-0.39, 0.29) is 23.3 Å². The molecule has 0 aromatic heterocycles. The number of hydrogen-bond donors (Lipinski definition) is 2. The Morgan fingerprint density at radius 3 is 2.44 bits per heavy atom. The van der Waals surface area contributed by atoms with Crippen molar-refractivity contribution in [3.63, 3.8) is 0 Å². The highest BCUT2D eigenvalue weighted by atomic mass is 16.1. The maximum atomic E-state index is 12.8. The van der Waals surface area contributed by atoms with Gasteiger partial charge in [-0.2, -0.15) is 0 Å². The van der Waals surface area contributed by atoms with Crippen LogP contribution >= 0.6 is 0 Å². The molecule has 3 aromatic carbocycles. The number of fused-ring (bicyclic) bond motifs is 1. The number of carbonyl (C=O) groups is 1. The van der Waals surface area contributed by atoms with Crippen molar-refractivity contribution in [3.05, 3.63) is 78.4 Å². The lowest BCUT2D eigenvalue weighted by Gasteiger charge is -2.23. The van der Waals surface area contributed by atoms with Crippen molar-refractivity contribution >= 4 is 22.4 Å². The molecule has 0 unspecified atom stereocenters. The number of rotatable bonds is 5. The van der Waals surface area contributed by atoms with Gasteiger partial charge in [-0.3, -0.25) is 4.79 Å². The first-order chi connectivity index (χ1) is 13.0. The van der Waals surface area contributed by atoms with Crippen LogP contribution in [0, 0.1) is 17.3 Å². The van der Waals surface area contributed by atoms with E-state index in [1.807, 2.05) is 55.5 Å². The number of nitrogens with two attached hydrogens (primary N) is 1. The second-order valence-electron chi connectivity index (χ2n) is 8.04. The van der Waals surface area contributed by atoms with Gasteiger partial charge in [-0.15, -0.1) is 0 Å². The van der Waals surface area contributed by atoms with Gasteiger partial charge >= 0.3 is 0 Å². The molecule has 4 atom stereocenters. The lowest BCUT2D eigenvalue weighted by molar-refractivity contribution is -0.120. The fourth-order valence-electron chi connectivity index (χ4n) is 4.27. The van der Waals surface area contributed by atoms with Gasteiger partial charge in [0.2, 0.25) is 5.91 Å². The second kappa shape index (κ2) is 6.82. The fraction of sp³-hybridized carbons (Fsp3) is 0.292. The minimum absolute atomic E-state index is 0.0263. The quantitative estimate of drug-likeness (QED) is 0.663. The molecule has 1 amide bonds. The summed E-state index contributed by atoms with van der Waals surface area (Å²) in [6, 6.07) is 24.4. The predicted molar refractivity (Wildman–Crippen MR) is 111 cm³/mol. The summed E-state index contributed by atoms with van der Waals surface area (Å²) in [5.41, 5.74) is 8.51. The summed E-state index contributed by atoms with van der Waals surface area (Å²) in [6.07, 6.45) is 0.982. The first kappa shape index (κ1) is 17.7. The Morgan fingerprint density at radius 2 is 1.70 bits per heavy atom. The van der Waals surface area contributed by atoms with Gasteiger partial charge in [0, 0.05) is 17.6 Å². The van der Waals surface area contributed by atoms with Crippen molar-refractivity contribution < 1.29 is 4.79 Å². The van der Waals surface area contributed by atoms with E-state index in [4.69, 9.17) is 5.73 Å². The molecule has 0 bridgehead atoms. The SMILES string of the molecule is C[C@@H](C(=O)Nc1ccc2ccccc2c1)[C@@H]1C[C@@]1(C)[C@@H](N)c1ccccc1. The third-order valence-corrected chi connectivity index (χ3v) is 6.25. The maximum absolute atomic E-state index is 12.8. The molecule has 0 saturated heterocycles. The van der Waals surface area contributed by atoms with Crippen molar-refractivity contribution in [2.45, 2.75) is 26.3 Å². The number of carbonyl (C=O) groups excluding carboxylic acids is 1. The van der Waals surface area contributed by atoms with Gasteiger partial charge in [0.15, 0.2) is 0 Å². The van der Waals surface area contributed by atoms with Crippen LogP contribution in [0.15, 0.2) is 72.8 Å². The van der Waals surface area contributed by atoms with Gasteiger partial charge in [-0.1, -0.05) is 74.5 Å². The molecule has 138 valence electrons. The van der Waals surface area contributed by atoms with Crippen LogP contribution in [0.5, 0.6) is 0 Å². The minimum Gasteiger partial charge on any atom is -0.326 e. The van der Waals surface area contributed by atoms with Crippen LogP contribution in [0.3, 0.4) is 0 Å². The Morgan fingerprint density at radius 1 is 1.04 bits per heavy atom. The first-order valence-corrected chi connectivity index (χ1v) is 9.59. The monoisotopic (exact) mass is 358 g/mol. The molecule has 3 nitrogen and oxygen atoms in total.